The van der Waals surface area contributed by atoms with Crippen molar-refractivity contribution < 1.29 is 14.7 Å². The lowest BCUT2D eigenvalue weighted by molar-refractivity contribution is -0.142. The molecule has 5 heteroatoms. The number of aliphatic hydroxyl groups excluding tert-OH is 1. The van der Waals surface area contributed by atoms with Crippen LogP contribution >= 0.6 is 0 Å². The second kappa shape index (κ2) is 7.86. The van der Waals surface area contributed by atoms with Gasteiger partial charge in [0.25, 0.3) is 0 Å². The Morgan fingerprint density at radius 1 is 1.07 bits per heavy atom. The van der Waals surface area contributed by atoms with Crippen LogP contribution in [-0.4, -0.2) is 47.1 Å². The van der Waals surface area contributed by atoms with Crippen LogP contribution in [0.5, 0.6) is 0 Å². The number of para-hydroxylation sites is 1. The first-order valence-electron chi connectivity index (χ1n) is 10.9. The lowest BCUT2D eigenvalue weighted by atomic mass is 9.77. The van der Waals surface area contributed by atoms with E-state index in [2.05, 4.69) is 19.9 Å². The average Bonchev–Trinajstić information content (AvgIpc) is 3.25. The third-order valence-electron chi connectivity index (χ3n) is 7.09. The summed E-state index contributed by atoms with van der Waals surface area (Å²) in [7, 11) is 0. The highest BCUT2D eigenvalue weighted by Crippen LogP contribution is 2.39. The van der Waals surface area contributed by atoms with E-state index < -0.39 is 6.10 Å². The van der Waals surface area contributed by atoms with Gasteiger partial charge in [-0.2, -0.15) is 0 Å². The summed E-state index contributed by atoms with van der Waals surface area (Å²) in [4.78, 5) is 30.7. The predicted octanol–water partition coefficient (Wildman–Crippen LogP) is 3.00. The Bertz CT molecular complexity index is 749. The molecule has 4 rings (SSSR count). The van der Waals surface area contributed by atoms with Gasteiger partial charge in [0.15, 0.2) is 0 Å². The molecule has 1 aromatic rings. The Kier molecular flexibility index (Phi) is 5.46. The van der Waals surface area contributed by atoms with E-state index in [1.165, 1.54) is 5.56 Å². The molecule has 0 radical (unpaired) electrons. The number of carbonyl (C=O) groups excluding carboxylic acids is 2. The lowest BCUT2D eigenvalue weighted by Gasteiger charge is -2.36. The molecule has 0 spiro atoms. The number of benzene rings is 1. The van der Waals surface area contributed by atoms with Crippen molar-refractivity contribution in [3.63, 3.8) is 0 Å². The van der Waals surface area contributed by atoms with Crippen LogP contribution in [-0.2, 0) is 16.0 Å². The van der Waals surface area contributed by atoms with Crippen molar-refractivity contribution in [2.75, 3.05) is 18.0 Å². The molecule has 2 aliphatic heterocycles. The summed E-state index contributed by atoms with van der Waals surface area (Å²) in [5, 5.41) is 10.2. The molecular weight excluding hydrogens is 352 g/mol. The van der Waals surface area contributed by atoms with Crippen molar-refractivity contribution in [1.82, 2.24) is 4.90 Å². The smallest absolute Gasteiger partial charge is 0.231 e. The standard InChI is InChI=1S/C23H32N2O3/c1-3-16-13-24(14-21(16)26)22(27)18-9-5-6-10-19(18)23(28)25-15(2)12-17-8-4-7-11-20(17)25/h4,7-8,11,15-16,18-19,21,26H,3,5-6,9-10,12-14H2,1-2H3. The van der Waals surface area contributed by atoms with Crippen molar-refractivity contribution in [2.24, 2.45) is 17.8 Å². The Hall–Kier alpha value is -1.88. The molecule has 2 heterocycles. The van der Waals surface area contributed by atoms with E-state index >= 15 is 0 Å². The van der Waals surface area contributed by atoms with E-state index in [9.17, 15) is 14.7 Å². The molecule has 5 unspecified atom stereocenters. The Morgan fingerprint density at radius 2 is 1.75 bits per heavy atom. The fourth-order valence-electron chi connectivity index (χ4n) is 5.47. The molecule has 1 saturated heterocycles. The number of hydrogen-bond donors (Lipinski definition) is 1. The van der Waals surface area contributed by atoms with Crippen LogP contribution in [0.25, 0.3) is 0 Å². The Labute approximate surface area is 167 Å². The molecule has 0 bridgehead atoms. The molecule has 1 aliphatic carbocycles. The molecule has 5 nitrogen and oxygen atoms in total. The summed E-state index contributed by atoms with van der Waals surface area (Å²) in [5.74, 6) is -0.140. The molecular formula is C23H32N2O3. The van der Waals surface area contributed by atoms with Gasteiger partial charge in [-0.1, -0.05) is 38.0 Å². The van der Waals surface area contributed by atoms with Gasteiger partial charge in [0.2, 0.25) is 11.8 Å². The number of amides is 2. The molecule has 28 heavy (non-hydrogen) atoms. The number of fused-ring (bicyclic) bond motifs is 1. The van der Waals surface area contributed by atoms with Crippen molar-refractivity contribution in [3.8, 4) is 0 Å². The van der Waals surface area contributed by atoms with Crippen LogP contribution < -0.4 is 4.90 Å². The van der Waals surface area contributed by atoms with Gasteiger partial charge in [-0.3, -0.25) is 9.59 Å². The minimum atomic E-state index is -0.433. The number of likely N-dealkylation sites (tertiary alicyclic amines) is 1. The van der Waals surface area contributed by atoms with Crippen LogP contribution in [0.2, 0.25) is 0 Å². The van der Waals surface area contributed by atoms with Crippen molar-refractivity contribution in [3.05, 3.63) is 29.8 Å². The maximum Gasteiger partial charge on any atom is 0.231 e. The van der Waals surface area contributed by atoms with Gasteiger partial charge in [-0.25, -0.2) is 0 Å². The van der Waals surface area contributed by atoms with E-state index in [-0.39, 0.29) is 35.6 Å². The molecule has 1 saturated carbocycles. The number of β-amino-alcohol motifs (C(OH)–C–C–N with tert-alkyl or cyclic N) is 1. The molecule has 2 amide bonds. The molecule has 5 atom stereocenters. The third kappa shape index (κ3) is 3.34. The monoisotopic (exact) mass is 384 g/mol. The molecule has 1 aromatic carbocycles. The highest BCUT2D eigenvalue weighted by molar-refractivity contribution is 6.00. The van der Waals surface area contributed by atoms with Gasteiger partial charge < -0.3 is 14.9 Å². The number of anilines is 1. The van der Waals surface area contributed by atoms with E-state index in [1.54, 1.807) is 0 Å². The van der Waals surface area contributed by atoms with Gasteiger partial charge in [0, 0.05) is 36.7 Å². The summed E-state index contributed by atoms with van der Waals surface area (Å²) in [6, 6.07) is 8.27. The molecule has 2 fully saturated rings. The van der Waals surface area contributed by atoms with Crippen molar-refractivity contribution in [2.45, 2.75) is 64.5 Å². The molecule has 3 aliphatic rings. The number of rotatable bonds is 3. The maximum absolute atomic E-state index is 13.6. The van der Waals surface area contributed by atoms with Crippen LogP contribution in [0.4, 0.5) is 5.69 Å². The quantitative estimate of drug-likeness (QED) is 0.871. The summed E-state index contributed by atoms with van der Waals surface area (Å²) in [5.41, 5.74) is 2.23. The third-order valence-corrected chi connectivity index (χ3v) is 7.09. The van der Waals surface area contributed by atoms with Crippen LogP contribution in [0.15, 0.2) is 24.3 Å². The van der Waals surface area contributed by atoms with Gasteiger partial charge in [-0.05, 0) is 44.2 Å². The number of hydrogen-bond acceptors (Lipinski definition) is 3. The van der Waals surface area contributed by atoms with Gasteiger partial charge in [0.05, 0.1) is 12.0 Å². The number of aliphatic hydroxyl groups is 1. The van der Waals surface area contributed by atoms with Crippen molar-refractivity contribution >= 4 is 17.5 Å². The first kappa shape index (κ1) is 19.4. The predicted molar refractivity (Wildman–Crippen MR) is 109 cm³/mol. The van der Waals surface area contributed by atoms with Crippen molar-refractivity contribution in [1.29, 1.82) is 0 Å². The lowest BCUT2D eigenvalue weighted by Crippen LogP contribution is -2.48. The first-order valence-corrected chi connectivity index (χ1v) is 10.9. The van der Waals surface area contributed by atoms with E-state index in [1.807, 2.05) is 28.0 Å². The molecule has 0 aromatic heterocycles. The SMILES string of the molecule is CCC1CN(C(=O)C2CCCCC2C(=O)N2c3ccccc3CC2C)CC1O. The minimum absolute atomic E-state index is 0.0770. The van der Waals surface area contributed by atoms with E-state index in [0.717, 1.165) is 44.2 Å². The zero-order valence-electron chi connectivity index (χ0n) is 17.0. The van der Waals surface area contributed by atoms with Gasteiger partial charge >= 0.3 is 0 Å². The first-order chi connectivity index (χ1) is 13.5. The normalized spacial score (nSPS) is 32.5. The van der Waals surface area contributed by atoms with E-state index in [4.69, 9.17) is 0 Å². The van der Waals surface area contributed by atoms with Gasteiger partial charge in [-0.15, -0.1) is 0 Å². The maximum atomic E-state index is 13.6. The van der Waals surface area contributed by atoms with Crippen LogP contribution in [0, 0.1) is 17.8 Å². The summed E-state index contributed by atoms with van der Waals surface area (Å²) < 4.78 is 0. The zero-order chi connectivity index (χ0) is 19.8. The molecule has 152 valence electrons. The fourth-order valence-corrected chi connectivity index (χ4v) is 5.47. The summed E-state index contributed by atoms with van der Waals surface area (Å²) >= 11 is 0. The van der Waals surface area contributed by atoms with Gasteiger partial charge in [0.1, 0.15) is 0 Å². The highest BCUT2D eigenvalue weighted by atomic mass is 16.3. The Balaban J connectivity index is 1.54. The van der Waals surface area contributed by atoms with E-state index in [0.29, 0.717) is 13.1 Å². The molecule has 1 N–H and O–H groups in total. The average molecular weight is 385 g/mol. The zero-order valence-corrected chi connectivity index (χ0v) is 17.0. The Morgan fingerprint density at radius 3 is 2.43 bits per heavy atom. The summed E-state index contributed by atoms with van der Waals surface area (Å²) in [6.45, 7) is 5.19. The highest BCUT2D eigenvalue weighted by Gasteiger charge is 2.44. The number of nitrogens with zero attached hydrogens (tertiary/aromatic N) is 2. The summed E-state index contributed by atoms with van der Waals surface area (Å²) in [6.07, 6.45) is 4.89. The largest absolute Gasteiger partial charge is 0.391 e. The number of carbonyl (C=O) groups is 2. The second-order valence-corrected chi connectivity index (χ2v) is 8.87. The second-order valence-electron chi connectivity index (χ2n) is 8.87. The van der Waals surface area contributed by atoms with Crippen LogP contribution in [0.1, 0.15) is 51.5 Å². The topological polar surface area (TPSA) is 60.9 Å². The minimum Gasteiger partial charge on any atom is -0.391 e. The van der Waals surface area contributed by atoms with Crippen LogP contribution in [0.3, 0.4) is 0 Å². The fraction of sp³-hybridized carbons (Fsp3) is 0.652.